The molecule has 0 bridgehead atoms. The summed E-state index contributed by atoms with van der Waals surface area (Å²) in [6.45, 7) is 0.523. The number of benzene rings is 2. The predicted octanol–water partition coefficient (Wildman–Crippen LogP) is 1.88. The fourth-order valence-corrected chi connectivity index (χ4v) is 4.24. The first-order valence-electron chi connectivity index (χ1n) is 8.27. The zero-order valence-corrected chi connectivity index (χ0v) is 15.4. The number of hydrogen-bond donors (Lipinski definition) is 2. The number of sulfonamides is 1. The van der Waals surface area contributed by atoms with Crippen LogP contribution in [0.2, 0.25) is 0 Å². The van der Waals surface area contributed by atoms with Gasteiger partial charge in [0.1, 0.15) is 6.29 Å². The Morgan fingerprint density at radius 2 is 1.80 bits per heavy atom. The molecule has 1 atom stereocenters. The van der Waals surface area contributed by atoms with Gasteiger partial charge in [-0.2, -0.15) is 0 Å². The molecule has 0 aliphatic carbocycles. The monoisotopic (exact) mass is 363 g/mol. The predicted molar refractivity (Wildman–Crippen MR) is 101 cm³/mol. The van der Waals surface area contributed by atoms with Gasteiger partial charge in [0.25, 0.3) is 0 Å². The van der Waals surface area contributed by atoms with Gasteiger partial charge in [0.2, 0.25) is 10.0 Å². The van der Waals surface area contributed by atoms with Crippen LogP contribution in [0.15, 0.2) is 41.3 Å². The van der Waals surface area contributed by atoms with Crippen LogP contribution in [0.3, 0.4) is 0 Å². The standard InChI is InChI=1S/C18H25N3O3S/c1-21(2)17-10-5-9-16-15(17)8-6-11-18(16)25(23,24)20-14(13-22)7-3-4-12-19/h5-6,8-11,13-14,20H,3-4,7,12,19H2,1-2H3. The van der Waals surface area contributed by atoms with Crippen molar-refractivity contribution in [1.82, 2.24) is 4.72 Å². The van der Waals surface area contributed by atoms with E-state index >= 15 is 0 Å². The maximum atomic E-state index is 12.8. The zero-order chi connectivity index (χ0) is 18.4. The number of carbonyl (C=O) groups excluding carboxylic acids is 1. The van der Waals surface area contributed by atoms with Crippen LogP contribution >= 0.6 is 0 Å². The van der Waals surface area contributed by atoms with Crippen LogP contribution in [0.1, 0.15) is 19.3 Å². The van der Waals surface area contributed by atoms with Crippen LogP contribution in [0.25, 0.3) is 10.8 Å². The molecule has 1 unspecified atom stereocenters. The van der Waals surface area contributed by atoms with E-state index in [4.69, 9.17) is 5.73 Å². The molecular formula is C18H25N3O3S. The second-order valence-electron chi connectivity index (χ2n) is 6.17. The lowest BCUT2D eigenvalue weighted by Crippen LogP contribution is -2.36. The Hall–Kier alpha value is -1.96. The summed E-state index contributed by atoms with van der Waals surface area (Å²) in [5, 5.41) is 1.48. The highest BCUT2D eigenvalue weighted by Gasteiger charge is 2.22. The fourth-order valence-electron chi connectivity index (χ4n) is 2.81. The smallest absolute Gasteiger partial charge is 0.241 e. The molecule has 0 saturated carbocycles. The quantitative estimate of drug-likeness (QED) is 0.524. The maximum absolute atomic E-state index is 12.8. The lowest BCUT2D eigenvalue weighted by Gasteiger charge is -2.18. The van der Waals surface area contributed by atoms with E-state index in [2.05, 4.69) is 4.72 Å². The van der Waals surface area contributed by atoms with Crippen molar-refractivity contribution in [3.63, 3.8) is 0 Å². The number of hydrogen-bond acceptors (Lipinski definition) is 5. The molecule has 0 spiro atoms. The number of aldehydes is 1. The molecule has 0 amide bonds. The van der Waals surface area contributed by atoms with Gasteiger partial charge < -0.3 is 15.4 Å². The van der Waals surface area contributed by atoms with E-state index in [-0.39, 0.29) is 4.90 Å². The third-order valence-electron chi connectivity index (χ3n) is 4.07. The van der Waals surface area contributed by atoms with Gasteiger partial charge in [-0.3, -0.25) is 0 Å². The normalized spacial score (nSPS) is 12.9. The fraction of sp³-hybridized carbons (Fsp3) is 0.389. The minimum absolute atomic E-state index is 0.180. The third kappa shape index (κ3) is 4.56. The SMILES string of the molecule is CN(C)c1cccc2c(S(=O)(=O)NC(C=O)CCCCN)cccc12. The maximum Gasteiger partial charge on any atom is 0.241 e. The molecular weight excluding hydrogens is 338 g/mol. The molecule has 0 heterocycles. The van der Waals surface area contributed by atoms with Gasteiger partial charge >= 0.3 is 0 Å². The summed E-state index contributed by atoms with van der Waals surface area (Å²) in [6, 6.07) is 9.97. The van der Waals surface area contributed by atoms with Crippen molar-refractivity contribution in [3.8, 4) is 0 Å². The first kappa shape index (κ1) is 19.4. The minimum Gasteiger partial charge on any atom is -0.377 e. The molecule has 2 aromatic rings. The Labute approximate surface area is 149 Å². The van der Waals surface area contributed by atoms with Crippen molar-refractivity contribution in [2.45, 2.75) is 30.2 Å². The van der Waals surface area contributed by atoms with E-state index in [1.54, 1.807) is 18.2 Å². The average molecular weight is 363 g/mol. The Morgan fingerprint density at radius 1 is 1.12 bits per heavy atom. The second kappa shape index (κ2) is 8.42. The van der Waals surface area contributed by atoms with Gasteiger partial charge in [0, 0.05) is 30.6 Å². The molecule has 3 N–H and O–H groups in total. The molecule has 0 radical (unpaired) electrons. The van der Waals surface area contributed by atoms with Crippen molar-refractivity contribution >= 4 is 32.8 Å². The van der Waals surface area contributed by atoms with Crippen molar-refractivity contribution < 1.29 is 13.2 Å². The van der Waals surface area contributed by atoms with E-state index in [0.717, 1.165) is 17.5 Å². The molecule has 2 rings (SSSR count). The van der Waals surface area contributed by atoms with Crippen molar-refractivity contribution in [3.05, 3.63) is 36.4 Å². The van der Waals surface area contributed by atoms with Crippen LogP contribution in [0, 0.1) is 0 Å². The highest BCUT2D eigenvalue weighted by molar-refractivity contribution is 7.89. The van der Waals surface area contributed by atoms with Crippen LogP contribution in [-0.2, 0) is 14.8 Å². The summed E-state index contributed by atoms with van der Waals surface area (Å²) in [6.07, 6.45) is 2.54. The third-order valence-corrected chi connectivity index (χ3v) is 5.62. The minimum atomic E-state index is -3.81. The van der Waals surface area contributed by atoms with E-state index < -0.39 is 16.1 Å². The topological polar surface area (TPSA) is 92.5 Å². The lowest BCUT2D eigenvalue weighted by atomic mass is 10.1. The van der Waals surface area contributed by atoms with E-state index in [0.29, 0.717) is 31.1 Å². The Kier molecular flexibility index (Phi) is 6.52. The van der Waals surface area contributed by atoms with Crippen molar-refractivity contribution in [2.24, 2.45) is 5.73 Å². The Morgan fingerprint density at radius 3 is 2.44 bits per heavy atom. The molecule has 6 nitrogen and oxygen atoms in total. The first-order chi connectivity index (χ1) is 11.9. The summed E-state index contributed by atoms with van der Waals surface area (Å²) in [5.74, 6) is 0. The van der Waals surface area contributed by atoms with E-state index in [1.165, 1.54) is 0 Å². The van der Waals surface area contributed by atoms with Gasteiger partial charge in [-0.05, 0) is 31.5 Å². The number of nitrogens with zero attached hydrogens (tertiary/aromatic N) is 1. The molecule has 0 saturated heterocycles. The Balaban J connectivity index is 2.39. The van der Waals surface area contributed by atoms with Gasteiger partial charge in [-0.15, -0.1) is 0 Å². The highest BCUT2D eigenvalue weighted by atomic mass is 32.2. The van der Waals surface area contributed by atoms with Crippen molar-refractivity contribution in [1.29, 1.82) is 0 Å². The van der Waals surface area contributed by atoms with Gasteiger partial charge in [-0.1, -0.05) is 30.7 Å². The summed E-state index contributed by atoms with van der Waals surface area (Å²) >= 11 is 0. The zero-order valence-electron chi connectivity index (χ0n) is 14.6. The largest absolute Gasteiger partial charge is 0.377 e. The van der Waals surface area contributed by atoms with Crippen LogP contribution < -0.4 is 15.4 Å². The average Bonchev–Trinajstić information content (AvgIpc) is 2.59. The van der Waals surface area contributed by atoms with Crippen LogP contribution in [0.5, 0.6) is 0 Å². The molecule has 2 aromatic carbocycles. The number of anilines is 1. The molecule has 0 aliphatic rings. The van der Waals surface area contributed by atoms with Gasteiger partial charge in [0.05, 0.1) is 10.9 Å². The van der Waals surface area contributed by atoms with Gasteiger partial charge in [0.15, 0.2) is 0 Å². The number of carbonyl (C=O) groups is 1. The van der Waals surface area contributed by atoms with E-state index in [9.17, 15) is 13.2 Å². The number of nitrogens with two attached hydrogens (primary N) is 1. The first-order valence-corrected chi connectivity index (χ1v) is 9.76. The molecule has 136 valence electrons. The summed E-state index contributed by atoms with van der Waals surface area (Å²) < 4.78 is 28.2. The Bertz CT molecular complexity index is 835. The molecule has 0 fully saturated rings. The molecule has 7 heteroatoms. The summed E-state index contributed by atoms with van der Waals surface area (Å²) in [4.78, 5) is 13.4. The summed E-state index contributed by atoms with van der Waals surface area (Å²) in [7, 11) is 0.0127. The number of fused-ring (bicyclic) bond motifs is 1. The number of nitrogens with one attached hydrogen (secondary N) is 1. The lowest BCUT2D eigenvalue weighted by molar-refractivity contribution is -0.109. The number of rotatable bonds is 9. The molecule has 0 aliphatic heterocycles. The van der Waals surface area contributed by atoms with E-state index in [1.807, 2.05) is 37.2 Å². The van der Waals surface area contributed by atoms with Crippen molar-refractivity contribution in [2.75, 3.05) is 25.5 Å². The number of unbranched alkanes of at least 4 members (excludes halogenated alkanes) is 1. The second-order valence-corrected chi connectivity index (χ2v) is 7.85. The molecule has 0 aromatic heterocycles. The van der Waals surface area contributed by atoms with Crippen LogP contribution in [-0.4, -0.2) is 41.4 Å². The van der Waals surface area contributed by atoms with Crippen LogP contribution in [0.4, 0.5) is 5.69 Å². The summed E-state index contributed by atoms with van der Waals surface area (Å²) in [5.41, 5.74) is 6.38. The molecule has 25 heavy (non-hydrogen) atoms. The van der Waals surface area contributed by atoms with Gasteiger partial charge in [-0.25, -0.2) is 13.1 Å². The highest BCUT2D eigenvalue weighted by Crippen LogP contribution is 2.30.